The molecule has 1 rings (SSSR count). The SMILES string of the molecule is C=CCC(C)NC(=O)N(CC(=O)O)c1ccccc1. The van der Waals surface area contributed by atoms with Gasteiger partial charge in [0, 0.05) is 11.7 Å². The van der Waals surface area contributed by atoms with Crippen molar-refractivity contribution in [2.24, 2.45) is 0 Å². The number of para-hydroxylation sites is 1. The quantitative estimate of drug-likeness (QED) is 0.772. The molecule has 1 aromatic carbocycles. The molecule has 1 atom stereocenters. The Hall–Kier alpha value is -2.30. The van der Waals surface area contributed by atoms with Gasteiger partial charge in [-0.3, -0.25) is 9.69 Å². The molecule has 5 heteroatoms. The summed E-state index contributed by atoms with van der Waals surface area (Å²) in [6, 6.07) is 8.19. The number of amides is 2. The van der Waals surface area contributed by atoms with E-state index in [2.05, 4.69) is 11.9 Å². The number of carboxylic acid groups (broad SMARTS) is 1. The number of aliphatic carboxylic acids is 1. The van der Waals surface area contributed by atoms with E-state index in [1.807, 2.05) is 6.92 Å². The number of carbonyl (C=O) groups excluding carboxylic acids is 1. The molecule has 0 aliphatic carbocycles. The van der Waals surface area contributed by atoms with Crippen LogP contribution in [0, 0.1) is 0 Å². The van der Waals surface area contributed by atoms with E-state index in [1.54, 1.807) is 36.4 Å². The summed E-state index contributed by atoms with van der Waals surface area (Å²) < 4.78 is 0. The van der Waals surface area contributed by atoms with Crippen molar-refractivity contribution >= 4 is 17.7 Å². The number of rotatable bonds is 6. The van der Waals surface area contributed by atoms with E-state index < -0.39 is 12.0 Å². The van der Waals surface area contributed by atoms with Crippen molar-refractivity contribution in [3.63, 3.8) is 0 Å². The number of benzene rings is 1. The maximum absolute atomic E-state index is 12.1. The van der Waals surface area contributed by atoms with Crippen molar-refractivity contribution in [3.8, 4) is 0 Å². The molecule has 5 nitrogen and oxygen atoms in total. The van der Waals surface area contributed by atoms with Gasteiger partial charge in [-0.25, -0.2) is 4.79 Å². The zero-order chi connectivity index (χ0) is 14.3. The highest BCUT2D eigenvalue weighted by Crippen LogP contribution is 2.13. The van der Waals surface area contributed by atoms with Gasteiger partial charge in [-0.15, -0.1) is 6.58 Å². The van der Waals surface area contributed by atoms with Gasteiger partial charge in [0.25, 0.3) is 0 Å². The van der Waals surface area contributed by atoms with Crippen LogP contribution in [0.4, 0.5) is 10.5 Å². The maximum Gasteiger partial charge on any atom is 0.323 e. The highest BCUT2D eigenvalue weighted by molar-refractivity contribution is 5.96. The molecule has 0 spiro atoms. The lowest BCUT2D eigenvalue weighted by Gasteiger charge is -2.23. The fourth-order valence-corrected chi connectivity index (χ4v) is 1.62. The summed E-state index contributed by atoms with van der Waals surface area (Å²) in [5.74, 6) is -1.06. The third kappa shape index (κ3) is 4.83. The van der Waals surface area contributed by atoms with Crippen LogP contribution < -0.4 is 10.2 Å². The van der Waals surface area contributed by atoms with Gasteiger partial charge in [-0.2, -0.15) is 0 Å². The molecule has 1 unspecified atom stereocenters. The highest BCUT2D eigenvalue weighted by Gasteiger charge is 2.19. The van der Waals surface area contributed by atoms with Crippen LogP contribution in [0.3, 0.4) is 0 Å². The zero-order valence-corrected chi connectivity index (χ0v) is 10.9. The van der Waals surface area contributed by atoms with Crippen molar-refractivity contribution < 1.29 is 14.7 Å². The Morgan fingerprint density at radius 3 is 2.58 bits per heavy atom. The first kappa shape index (κ1) is 14.8. The molecule has 0 aromatic heterocycles. The van der Waals surface area contributed by atoms with Crippen LogP contribution in [0.15, 0.2) is 43.0 Å². The van der Waals surface area contributed by atoms with Crippen LogP contribution in [0.5, 0.6) is 0 Å². The second-order valence-corrected chi connectivity index (χ2v) is 4.19. The number of nitrogens with zero attached hydrogens (tertiary/aromatic N) is 1. The molecule has 19 heavy (non-hydrogen) atoms. The second-order valence-electron chi connectivity index (χ2n) is 4.19. The van der Waals surface area contributed by atoms with E-state index in [0.717, 1.165) is 0 Å². The minimum Gasteiger partial charge on any atom is -0.480 e. The van der Waals surface area contributed by atoms with Crippen LogP contribution in [-0.4, -0.2) is 29.7 Å². The van der Waals surface area contributed by atoms with Crippen LogP contribution in [0.25, 0.3) is 0 Å². The van der Waals surface area contributed by atoms with Crippen molar-refractivity contribution in [2.45, 2.75) is 19.4 Å². The monoisotopic (exact) mass is 262 g/mol. The van der Waals surface area contributed by atoms with Gasteiger partial charge in [0.05, 0.1) is 0 Å². The molecule has 0 aliphatic heterocycles. The number of anilines is 1. The average molecular weight is 262 g/mol. The first-order valence-corrected chi connectivity index (χ1v) is 6.00. The number of nitrogens with one attached hydrogen (secondary N) is 1. The molecule has 0 bridgehead atoms. The van der Waals surface area contributed by atoms with E-state index in [0.29, 0.717) is 12.1 Å². The predicted molar refractivity (Wildman–Crippen MR) is 74.2 cm³/mol. The fraction of sp³-hybridized carbons (Fsp3) is 0.286. The largest absolute Gasteiger partial charge is 0.480 e. The Kier molecular flexibility index (Phi) is 5.60. The molecule has 2 amide bonds. The summed E-state index contributed by atoms with van der Waals surface area (Å²) in [4.78, 5) is 24.1. The number of hydrogen-bond donors (Lipinski definition) is 2. The summed E-state index contributed by atoms with van der Waals surface area (Å²) in [6.07, 6.45) is 2.33. The lowest BCUT2D eigenvalue weighted by atomic mass is 10.2. The van der Waals surface area contributed by atoms with Gasteiger partial charge in [0.2, 0.25) is 0 Å². The minimum atomic E-state index is -1.06. The van der Waals surface area contributed by atoms with Gasteiger partial charge in [0.15, 0.2) is 0 Å². The molecule has 0 radical (unpaired) electrons. The molecule has 0 saturated carbocycles. The van der Waals surface area contributed by atoms with Crippen LogP contribution in [0.2, 0.25) is 0 Å². The van der Waals surface area contributed by atoms with Gasteiger partial charge < -0.3 is 10.4 Å². The van der Waals surface area contributed by atoms with E-state index in [4.69, 9.17) is 5.11 Å². The Morgan fingerprint density at radius 1 is 1.42 bits per heavy atom. The van der Waals surface area contributed by atoms with Crippen LogP contribution in [-0.2, 0) is 4.79 Å². The van der Waals surface area contributed by atoms with E-state index in [-0.39, 0.29) is 12.6 Å². The lowest BCUT2D eigenvalue weighted by molar-refractivity contribution is -0.135. The zero-order valence-electron chi connectivity index (χ0n) is 10.9. The number of urea groups is 1. The molecule has 0 saturated heterocycles. The smallest absolute Gasteiger partial charge is 0.323 e. The third-order valence-corrected chi connectivity index (χ3v) is 2.50. The van der Waals surface area contributed by atoms with Crippen LogP contribution in [0.1, 0.15) is 13.3 Å². The summed E-state index contributed by atoms with van der Waals surface area (Å²) in [6.45, 7) is 5.06. The molecule has 0 fully saturated rings. The molecule has 2 N–H and O–H groups in total. The normalized spacial score (nSPS) is 11.4. The standard InChI is InChI=1S/C14H18N2O3/c1-3-7-11(2)15-14(19)16(10-13(17)18)12-8-5-4-6-9-12/h3-6,8-9,11H,1,7,10H2,2H3,(H,15,19)(H,17,18). The first-order valence-electron chi connectivity index (χ1n) is 6.00. The summed E-state index contributed by atoms with van der Waals surface area (Å²) >= 11 is 0. The van der Waals surface area contributed by atoms with E-state index >= 15 is 0 Å². The Bertz CT molecular complexity index is 445. The molecule has 1 aromatic rings. The lowest BCUT2D eigenvalue weighted by Crippen LogP contribution is -2.46. The Balaban J connectivity index is 2.82. The van der Waals surface area contributed by atoms with Gasteiger partial charge >= 0.3 is 12.0 Å². The van der Waals surface area contributed by atoms with Crippen molar-refractivity contribution in [1.82, 2.24) is 5.32 Å². The van der Waals surface area contributed by atoms with Crippen LogP contribution >= 0.6 is 0 Å². The molecular formula is C14H18N2O3. The average Bonchev–Trinajstić information content (AvgIpc) is 2.37. The van der Waals surface area contributed by atoms with Gasteiger partial charge in [-0.05, 0) is 25.5 Å². The Morgan fingerprint density at radius 2 is 2.05 bits per heavy atom. The number of carbonyl (C=O) groups is 2. The summed E-state index contributed by atoms with van der Waals surface area (Å²) in [7, 11) is 0. The van der Waals surface area contributed by atoms with E-state index in [9.17, 15) is 9.59 Å². The summed E-state index contributed by atoms with van der Waals surface area (Å²) in [5.41, 5.74) is 0.549. The highest BCUT2D eigenvalue weighted by atomic mass is 16.4. The topological polar surface area (TPSA) is 69.6 Å². The van der Waals surface area contributed by atoms with Crippen molar-refractivity contribution in [3.05, 3.63) is 43.0 Å². The Labute approximate surface area is 112 Å². The van der Waals surface area contributed by atoms with Gasteiger partial charge in [0.1, 0.15) is 6.54 Å². The number of carboxylic acids is 1. The number of hydrogen-bond acceptors (Lipinski definition) is 2. The molecular weight excluding hydrogens is 244 g/mol. The van der Waals surface area contributed by atoms with Crippen molar-refractivity contribution in [1.29, 1.82) is 0 Å². The fourth-order valence-electron chi connectivity index (χ4n) is 1.62. The van der Waals surface area contributed by atoms with Gasteiger partial charge in [-0.1, -0.05) is 24.3 Å². The first-order chi connectivity index (χ1) is 9.04. The third-order valence-electron chi connectivity index (χ3n) is 2.50. The van der Waals surface area contributed by atoms with E-state index in [1.165, 1.54) is 4.90 Å². The maximum atomic E-state index is 12.1. The molecule has 0 aliphatic rings. The summed E-state index contributed by atoms with van der Waals surface area (Å²) in [5, 5.41) is 11.6. The predicted octanol–water partition coefficient (Wildman–Crippen LogP) is 2.25. The molecule has 102 valence electrons. The molecule has 0 heterocycles. The minimum absolute atomic E-state index is 0.0926. The second kappa shape index (κ2) is 7.20. The van der Waals surface area contributed by atoms with Crippen molar-refractivity contribution in [2.75, 3.05) is 11.4 Å².